The Balaban J connectivity index is 1.61. The fraction of sp³-hybridized carbons (Fsp3) is 0.400. The molecule has 0 saturated heterocycles. The largest absolute Gasteiger partial charge is 0.268 e. The third-order valence-corrected chi connectivity index (χ3v) is 4.71. The number of nitrogens with two attached hydrogens (primary N) is 1. The topological polar surface area (TPSA) is 29.3 Å². The van der Waals surface area contributed by atoms with Crippen LogP contribution in [0.4, 0.5) is 0 Å². The molecule has 22 heavy (non-hydrogen) atoms. The van der Waals surface area contributed by atoms with Crippen LogP contribution in [0.1, 0.15) is 48.4 Å². The first kappa shape index (κ1) is 15.3. The molecule has 0 spiro atoms. The van der Waals surface area contributed by atoms with Crippen molar-refractivity contribution >= 4 is 0 Å². The normalized spacial score (nSPS) is 18.0. The standard InChI is InChI=1S/C20H26N2/c21-22(16-8-11-17-9-2-1-3-10-17)20-15-7-5-13-18-12-4-6-14-19(18)20/h1-4,6,9-10,12,14,20H,5,7-8,11,13,15-16,21H2. The van der Waals surface area contributed by atoms with E-state index in [1.165, 1.54) is 42.4 Å². The molecule has 0 saturated carbocycles. The third kappa shape index (κ3) is 3.76. The van der Waals surface area contributed by atoms with Gasteiger partial charge in [0.05, 0.1) is 0 Å². The predicted octanol–water partition coefficient (Wildman–Crippen LogP) is 4.26. The molecule has 2 heteroatoms. The van der Waals surface area contributed by atoms with E-state index in [4.69, 9.17) is 5.84 Å². The Kier molecular flexibility index (Phi) is 5.25. The Labute approximate surface area is 133 Å². The van der Waals surface area contributed by atoms with Gasteiger partial charge in [0, 0.05) is 12.6 Å². The molecule has 2 nitrogen and oxygen atoms in total. The van der Waals surface area contributed by atoms with Crippen molar-refractivity contribution in [3.8, 4) is 0 Å². The van der Waals surface area contributed by atoms with Gasteiger partial charge in [-0.25, -0.2) is 5.01 Å². The summed E-state index contributed by atoms with van der Waals surface area (Å²) in [4.78, 5) is 0. The van der Waals surface area contributed by atoms with E-state index < -0.39 is 0 Å². The van der Waals surface area contributed by atoms with Crippen molar-refractivity contribution in [3.63, 3.8) is 0 Å². The van der Waals surface area contributed by atoms with Crippen molar-refractivity contribution in [3.05, 3.63) is 71.3 Å². The Hall–Kier alpha value is -1.64. The van der Waals surface area contributed by atoms with Crippen LogP contribution < -0.4 is 5.84 Å². The molecule has 116 valence electrons. The van der Waals surface area contributed by atoms with Gasteiger partial charge in [0.2, 0.25) is 0 Å². The van der Waals surface area contributed by atoms with Crippen LogP contribution in [0.25, 0.3) is 0 Å². The fourth-order valence-corrected chi connectivity index (χ4v) is 3.51. The maximum atomic E-state index is 6.43. The van der Waals surface area contributed by atoms with Crippen LogP contribution in [-0.4, -0.2) is 11.6 Å². The van der Waals surface area contributed by atoms with E-state index in [9.17, 15) is 0 Å². The summed E-state index contributed by atoms with van der Waals surface area (Å²) in [6.07, 6.45) is 7.14. The number of benzene rings is 2. The number of hydrazine groups is 1. The van der Waals surface area contributed by atoms with E-state index in [1.54, 1.807) is 0 Å². The highest BCUT2D eigenvalue weighted by molar-refractivity contribution is 5.31. The number of aryl methyl sites for hydroxylation is 2. The Morgan fingerprint density at radius 3 is 2.59 bits per heavy atom. The van der Waals surface area contributed by atoms with Crippen molar-refractivity contribution in [2.45, 2.75) is 44.6 Å². The lowest BCUT2D eigenvalue weighted by molar-refractivity contribution is 0.188. The SMILES string of the molecule is NN(CCCc1ccccc1)C1CCCCc2ccccc21. The number of hydrogen-bond acceptors (Lipinski definition) is 2. The molecule has 0 bridgehead atoms. The van der Waals surface area contributed by atoms with Gasteiger partial charge in [-0.3, -0.25) is 5.84 Å². The summed E-state index contributed by atoms with van der Waals surface area (Å²) < 4.78 is 0. The summed E-state index contributed by atoms with van der Waals surface area (Å²) in [6, 6.07) is 19.9. The van der Waals surface area contributed by atoms with Gasteiger partial charge in [0.25, 0.3) is 0 Å². The molecule has 0 radical (unpaired) electrons. The number of nitrogens with zero attached hydrogens (tertiary/aromatic N) is 1. The minimum absolute atomic E-state index is 0.384. The first-order valence-electron chi connectivity index (χ1n) is 8.47. The summed E-state index contributed by atoms with van der Waals surface area (Å²) in [7, 11) is 0. The van der Waals surface area contributed by atoms with E-state index in [2.05, 4.69) is 59.6 Å². The molecular weight excluding hydrogens is 268 g/mol. The molecular formula is C20H26N2. The van der Waals surface area contributed by atoms with Crippen molar-refractivity contribution in [1.82, 2.24) is 5.01 Å². The van der Waals surface area contributed by atoms with Crippen molar-refractivity contribution in [2.24, 2.45) is 5.84 Å². The Bertz CT molecular complexity index is 579. The molecule has 0 amide bonds. The van der Waals surface area contributed by atoms with Crippen LogP contribution in [0.5, 0.6) is 0 Å². The summed E-state index contributed by atoms with van der Waals surface area (Å²) in [5.41, 5.74) is 4.34. The first-order valence-corrected chi connectivity index (χ1v) is 8.47. The summed E-state index contributed by atoms with van der Waals surface area (Å²) in [6.45, 7) is 0.952. The molecule has 1 aliphatic rings. The average molecular weight is 294 g/mol. The highest BCUT2D eigenvalue weighted by Gasteiger charge is 2.22. The van der Waals surface area contributed by atoms with Crippen LogP contribution in [0.15, 0.2) is 54.6 Å². The molecule has 0 heterocycles. The molecule has 0 aliphatic heterocycles. The fourth-order valence-electron chi connectivity index (χ4n) is 3.51. The smallest absolute Gasteiger partial charge is 0.0493 e. The summed E-state index contributed by atoms with van der Waals surface area (Å²) >= 11 is 0. The van der Waals surface area contributed by atoms with E-state index in [0.29, 0.717) is 6.04 Å². The van der Waals surface area contributed by atoms with Gasteiger partial charge in [-0.1, -0.05) is 61.0 Å². The number of hydrogen-bond donors (Lipinski definition) is 1. The maximum absolute atomic E-state index is 6.43. The quantitative estimate of drug-likeness (QED) is 0.507. The van der Waals surface area contributed by atoms with Gasteiger partial charge in [-0.05, 0) is 48.8 Å². The molecule has 1 atom stereocenters. The molecule has 0 fully saturated rings. The molecule has 2 N–H and O–H groups in total. The molecule has 2 aromatic carbocycles. The second-order valence-corrected chi connectivity index (χ2v) is 6.29. The lowest BCUT2D eigenvalue weighted by Gasteiger charge is -2.28. The Morgan fingerprint density at radius 1 is 0.955 bits per heavy atom. The molecule has 1 aliphatic carbocycles. The van der Waals surface area contributed by atoms with Gasteiger partial charge in [0.15, 0.2) is 0 Å². The van der Waals surface area contributed by atoms with Crippen LogP contribution >= 0.6 is 0 Å². The second kappa shape index (κ2) is 7.57. The molecule has 3 rings (SSSR count). The van der Waals surface area contributed by atoms with Crippen LogP contribution in [0.2, 0.25) is 0 Å². The number of rotatable bonds is 5. The van der Waals surface area contributed by atoms with Crippen molar-refractivity contribution < 1.29 is 0 Å². The van der Waals surface area contributed by atoms with E-state index in [-0.39, 0.29) is 0 Å². The van der Waals surface area contributed by atoms with Crippen LogP contribution in [-0.2, 0) is 12.8 Å². The molecule has 0 aromatic heterocycles. The van der Waals surface area contributed by atoms with Gasteiger partial charge in [-0.15, -0.1) is 0 Å². The minimum atomic E-state index is 0.384. The molecule has 2 aromatic rings. The highest BCUT2D eigenvalue weighted by atomic mass is 15.4. The second-order valence-electron chi connectivity index (χ2n) is 6.29. The summed E-state index contributed by atoms with van der Waals surface area (Å²) in [5, 5.41) is 2.08. The van der Waals surface area contributed by atoms with Crippen LogP contribution in [0, 0.1) is 0 Å². The highest BCUT2D eigenvalue weighted by Crippen LogP contribution is 2.31. The monoisotopic (exact) mass is 294 g/mol. The van der Waals surface area contributed by atoms with Gasteiger partial charge in [-0.2, -0.15) is 0 Å². The van der Waals surface area contributed by atoms with E-state index >= 15 is 0 Å². The zero-order chi connectivity index (χ0) is 15.2. The molecule has 1 unspecified atom stereocenters. The van der Waals surface area contributed by atoms with E-state index in [0.717, 1.165) is 19.4 Å². The van der Waals surface area contributed by atoms with Crippen molar-refractivity contribution in [2.75, 3.05) is 6.54 Å². The van der Waals surface area contributed by atoms with Crippen LogP contribution in [0.3, 0.4) is 0 Å². The van der Waals surface area contributed by atoms with E-state index in [1.807, 2.05) is 0 Å². The average Bonchev–Trinajstić information content (AvgIpc) is 2.78. The maximum Gasteiger partial charge on any atom is 0.0493 e. The number of fused-ring (bicyclic) bond motifs is 1. The lowest BCUT2D eigenvalue weighted by Crippen LogP contribution is -2.36. The predicted molar refractivity (Wildman–Crippen MR) is 92.4 cm³/mol. The van der Waals surface area contributed by atoms with Gasteiger partial charge < -0.3 is 0 Å². The summed E-state index contributed by atoms with van der Waals surface area (Å²) in [5.74, 6) is 6.43. The first-order chi connectivity index (χ1) is 10.8. The zero-order valence-electron chi connectivity index (χ0n) is 13.2. The zero-order valence-corrected chi connectivity index (χ0v) is 13.2. The lowest BCUT2D eigenvalue weighted by atomic mass is 9.98. The van der Waals surface area contributed by atoms with Gasteiger partial charge in [0.1, 0.15) is 0 Å². The van der Waals surface area contributed by atoms with Gasteiger partial charge >= 0.3 is 0 Å². The third-order valence-electron chi connectivity index (χ3n) is 4.71. The Morgan fingerprint density at radius 2 is 1.73 bits per heavy atom. The minimum Gasteiger partial charge on any atom is -0.268 e. The van der Waals surface area contributed by atoms with Crippen molar-refractivity contribution in [1.29, 1.82) is 0 Å².